The van der Waals surface area contributed by atoms with Crippen LogP contribution in [0.5, 0.6) is 0 Å². The van der Waals surface area contributed by atoms with Crippen molar-refractivity contribution in [2.75, 3.05) is 26.0 Å². The summed E-state index contributed by atoms with van der Waals surface area (Å²) in [5, 5.41) is 3.04. The molecule has 0 heterocycles. The van der Waals surface area contributed by atoms with Gasteiger partial charge in [-0.15, -0.1) is 12.4 Å². The lowest BCUT2D eigenvalue weighted by molar-refractivity contribution is 0.0908. The number of nitrogens with one attached hydrogen (secondary N) is 1. The first kappa shape index (κ1) is 21.9. The van der Waals surface area contributed by atoms with Gasteiger partial charge in [-0.2, -0.15) is 0 Å². The minimum absolute atomic E-state index is 0. The Labute approximate surface area is 155 Å². The summed E-state index contributed by atoms with van der Waals surface area (Å²) >= 11 is 0. The summed E-state index contributed by atoms with van der Waals surface area (Å²) in [7, 11) is -1.92. The number of ether oxygens (including phenoxy) is 1. The number of halogens is 1. The number of hydrogen-bond donors (Lipinski definition) is 2. The summed E-state index contributed by atoms with van der Waals surface area (Å²) < 4.78 is 29.0. The fraction of sp³-hybridized carbons (Fsp3) is 0.588. The lowest BCUT2D eigenvalue weighted by Gasteiger charge is -2.31. The third-order valence-corrected chi connectivity index (χ3v) is 6.25. The van der Waals surface area contributed by atoms with E-state index >= 15 is 0 Å². The van der Waals surface area contributed by atoms with Crippen LogP contribution < -0.4 is 11.1 Å². The van der Waals surface area contributed by atoms with Crippen LogP contribution in [0.1, 0.15) is 36.0 Å². The zero-order chi connectivity index (χ0) is 17.6. The van der Waals surface area contributed by atoms with Crippen molar-refractivity contribution in [1.82, 2.24) is 5.32 Å². The van der Waals surface area contributed by atoms with Gasteiger partial charge in [-0.1, -0.05) is 12.8 Å². The van der Waals surface area contributed by atoms with E-state index in [1.807, 2.05) is 0 Å². The first-order valence-electron chi connectivity index (χ1n) is 8.30. The summed E-state index contributed by atoms with van der Waals surface area (Å²) in [5.74, 6) is 0.0625. The van der Waals surface area contributed by atoms with Crippen LogP contribution in [-0.4, -0.2) is 46.4 Å². The second-order valence-electron chi connectivity index (χ2n) is 6.20. The number of amides is 1. The van der Waals surface area contributed by atoms with Crippen molar-refractivity contribution in [3.05, 3.63) is 29.8 Å². The van der Waals surface area contributed by atoms with E-state index < -0.39 is 9.84 Å². The van der Waals surface area contributed by atoms with Gasteiger partial charge in [0.25, 0.3) is 5.91 Å². The monoisotopic (exact) mass is 390 g/mol. The van der Waals surface area contributed by atoms with Crippen molar-refractivity contribution >= 4 is 28.2 Å². The van der Waals surface area contributed by atoms with E-state index in [1.54, 1.807) is 12.1 Å². The molecule has 2 atom stereocenters. The highest BCUT2D eigenvalue weighted by molar-refractivity contribution is 7.91. The molecule has 3 N–H and O–H groups in total. The Hall–Kier alpha value is -1.15. The SMILES string of the molecule is COCCS(=O)(=O)c1ccc(C(=O)NC2CCCCC2CN)cc1.Cl. The number of nitrogens with two attached hydrogens (primary N) is 1. The lowest BCUT2D eigenvalue weighted by atomic mass is 9.84. The first-order chi connectivity index (χ1) is 11.5. The van der Waals surface area contributed by atoms with Crippen molar-refractivity contribution < 1.29 is 17.9 Å². The highest BCUT2D eigenvalue weighted by Crippen LogP contribution is 2.24. The fourth-order valence-electron chi connectivity index (χ4n) is 3.06. The first-order valence-corrected chi connectivity index (χ1v) is 9.96. The van der Waals surface area contributed by atoms with Crippen LogP contribution in [0.25, 0.3) is 0 Å². The van der Waals surface area contributed by atoms with Gasteiger partial charge in [-0.05, 0) is 49.6 Å². The van der Waals surface area contributed by atoms with Gasteiger partial charge in [0.1, 0.15) is 0 Å². The molecular formula is C17H27ClN2O4S. The second kappa shape index (κ2) is 10.1. The molecule has 1 saturated carbocycles. The molecule has 142 valence electrons. The van der Waals surface area contributed by atoms with Crippen molar-refractivity contribution in [2.45, 2.75) is 36.6 Å². The third-order valence-electron chi connectivity index (χ3n) is 4.56. The van der Waals surface area contributed by atoms with Crippen LogP contribution in [0.15, 0.2) is 29.2 Å². The molecule has 0 aliphatic heterocycles. The Bertz CT molecular complexity index is 649. The highest BCUT2D eigenvalue weighted by Gasteiger charge is 2.25. The van der Waals surface area contributed by atoms with Crippen molar-refractivity contribution in [1.29, 1.82) is 0 Å². The van der Waals surface area contributed by atoms with Gasteiger partial charge in [-0.25, -0.2) is 8.42 Å². The van der Waals surface area contributed by atoms with Crippen LogP contribution in [0.4, 0.5) is 0 Å². The molecule has 1 aliphatic carbocycles. The van der Waals surface area contributed by atoms with Gasteiger partial charge in [0.15, 0.2) is 9.84 Å². The Morgan fingerprint density at radius 3 is 2.48 bits per heavy atom. The average molecular weight is 391 g/mol. The molecule has 1 amide bonds. The van der Waals surface area contributed by atoms with E-state index in [9.17, 15) is 13.2 Å². The Balaban J connectivity index is 0.00000312. The fourth-order valence-corrected chi connectivity index (χ4v) is 4.23. The van der Waals surface area contributed by atoms with E-state index in [-0.39, 0.29) is 41.6 Å². The molecule has 0 aromatic heterocycles. The molecule has 2 unspecified atom stereocenters. The average Bonchev–Trinajstić information content (AvgIpc) is 2.60. The van der Waals surface area contributed by atoms with Gasteiger partial charge >= 0.3 is 0 Å². The maximum Gasteiger partial charge on any atom is 0.251 e. The van der Waals surface area contributed by atoms with Crippen LogP contribution in [0, 0.1) is 5.92 Å². The van der Waals surface area contributed by atoms with Gasteiger partial charge in [0.2, 0.25) is 0 Å². The minimum Gasteiger partial charge on any atom is -0.384 e. The molecule has 1 fully saturated rings. The smallest absolute Gasteiger partial charge is 0.251 e. The van der Waals surface area contributed by atoms with Crippen LogP contribution in [0.3, 0.4) is 0 Å². The molecular weight excluding hydrogens is 364 g/mol. The van der Waals surface area contributed by atoms with E-state index in [1.165, 1.54) is 19.2 Å². The van der Waals surface area contributed by atoms with E-state index in [2.05, 4.69) is 5.32 Å². The van der Waals surface area contributed by atoms with Gasteiger partial charge in [-0.3, -0.25) is 4.79 Å². The molecule has 0 spiro atoms. The molecule has 1 aromatic rings. The quantitative estimate of drug-likeness (QED) is 0.739. The van der Waals surface area contributed by atoms with E-state index in [4.69, 9.17) is 10.5 Å². The molecule has 1 aliphatic rings. The second-order valence-corrected chi connectivity index (χ2v) is 8.31. The molecule has 8 heteroatoms. The number of benzene rings is 1. The van der Waals surface area contributed by atoms with Crippen LogP contribution in [-0.2, 0) is 14.6 Å². The number of carbonyl (C=O) groups excluding carboxylic acids is 1. The summed E-state index contributed by atoms with van der Waals surface area (Å²) in [6.45, 7) is 0.717. The maximum absolute atomic E-state index is 12.4. The number of rotatable bonds is 7. The molecule has 0 radical (unpaired) electrons. The van der Waals surface area contributed by atoms with Crippen LogP contribution >= 0.6 is 12.4 Å². The number of carbonyl (C=O) groups is 1. The zero-order valence-electron chi connectivity index (χ0n) is 14.4. The topological polar surface area (TPSA) is 98.5 Å². The molecule has 0 bridgehead atoms. The number of methoxy groups -OCH3 is 1. The van der Waals surface area contributed by atoms with Gasteiger partial charge in [0.05, 0.1) is 17.3 Å². The van der Waals surface area contributed by atoms with Crippen molar-refractivity contribution in [3.8, 4) is 0 Å². The standard InChI is InChI=1S/C17H26N2O4S.ClH/c1-23-10-11-24(21,22)15-8-6-13(7-9-15)17(20)19-16-5-3-2-4-14(16)12-18;/h6-9,14,16H,2-5,10-12,18H2,1H3,(H,19,20);1H. The van der Waals surface area contributed by atoms with Crippen molar-refractivity contribution in [2.24, 2.45) is 11.7 Å². The highest BCUT2D eigenvalue weighted by atomic mass is 35.5. The number of hydrogen-bond acceptors (Lipinski definition) is 5. The Morgan fingerprint density at radius 2 is 1.88 bits per heavy atom. The Morgan fingerprint density at radius 1 is 1.24 bits per heavy atom. The molecule has 1 aromatic carbocycles. The predicted octanol–water partition coefficient (Wildman–Crippen LogP) is 1.78. The predicted molar refractivity (Wildman–Crippen MR) is 99.9 cm³/mol. The van der Waals surface area contributed by atoms with Crippen LogP contribution in [0.2, 0.25) is 0 Å². The maximum atomic E-state index is 12.4. The summed E-state index contributed by atoms with van der Waals surface area (Å²) in [4.78, 5) is 12.6. The molecule has 6 nitrogen and oxygen atoms in total. The molecule has 2 rings (SSSR count). The minimum atomic E-state index is -3.38. The Kier molecular flexibility index (Phi) is 8.85. The summed E-state index contributed by atoms with van der Waals surface area (Å²) in [6.07, 6.45) is 4.23. The van der Waals surface area contributed by atoms with Gasteiger partial charge < -0.3 is 15.8 Å². The van der Waals surface area contributed by atoms with Gasteiger partial charge in [0, 0.05) is 18.7 Å². The number of sulfone groups is 1. The lowest BCUT2D eigenvalue weighted by Crippen LogP contribution is -2.44. The molecule has 25 heavy (non-hydrogen) atoms. The van der Waals surface area contributed by atoms with Crippen molar-refractivity contribution in [3.63, 3.8) is 0 Å². The zero-order valence-corrected chi connectivity index (χ0v) is 16.1. The van der Waals surface area contributed by atoms with E-state index in [0.29, 0.717) is 18.0 Å². The largest absolute Gasteiger partial charge is 0.384 e. The summed E-state index contributed by atoms with van der Waals surface area (Å²) in [5.41, 5.74) is 6.25. The normalized spacial score (nSPS) is 20.6. The molecule has 0 saturated heterocycles. The third kappa shape index (κ3) is 5.95. The summed E-state index contributed by atoms with van der Waals surface area (Å²) in [6, 6.07) is 6.15. The van der Waals surface area contributed by atoms with E-state index in [0.717, 1.165) is 25.7 Å².